The molecule has 1 heterocycles. The van der Waals surface area contributed by atoms with Crippen LogP contribution in [0.3, 0.4) is 0 Å². The van der Waals surface area contributed by atoms with Crippen molar-refractivity contribution in [2.24, 2.45) is 17.8 Å². The summed E-state index contributed by atoms with van der Waals surface area (Å²) in [6.07, 6.45) is 2.88. The van der Waals surface area contributed by atoms with E-state index < -0.39 is 0 Å². The second-order valence-electron chi connectivity index (χ2n) is 4.05. The maximum absolute atomic E-state index is 4.15. The van der Waals surface area contributed by atoms with E-state index in [4.69, 9.17) is 0 Å². The van der Waals surface area contributed by atoms with Crippen LogP contribution in [0.25, 0.3) is 0 Å². The van der Waals surface area contributed by atoms with Crippen molar-refractivity contribution in [2.45, 2.75) is 18.9 Å². The van der Waals surface area contributed by atoms with Gasteiger partial charge in [-0.3, -0.25) is 0 Å². The molecule has 0 amide bonds. The molecule has 3 rings (SSSR count). The molecule has 2 bridgehead atoms. The van der Waals surface area contributed by atoms with E-state index in [9.17, 15) is 0 Å². The summed E-state index contributed by atoms with van der Waals surface area (Å²) in [7, 11) is 0. The van der Waals surface area contributed by atoms with Crippen molar-refractivity contribution >= 4 is 0 Å². The van der Waals surface area contributed by atoms with Gasteiger partial charge in [-0.1, -0.05) is 12.2 Å². The Morgan fingerprint density at radius 1 is 1.40 bits per heavy atom. The fourth-order valence-electron chi connectivity index (χ4n) is 3.19. The van der Waals surface area contributed by atoms with Gasteiger partial charge < -0.3 is 5.32 Å². The lowest BCUT2D eigenvalue weighted by atomic mass is 9.87. The SMILES string of the molecule is C=C1C2CC3CNC1C3C2. The first-order valence-electron chi connectivity index (χ1n) is 4.28. The molecule has 2 aliphatic carbocycles. The zero-order valence-corrected chi connectivity index (χ0v) is 6.14. The highest BCUT2D eigenvalue weighted by Crippen LogP contribution is 2.53. The molecule has 3 aliphatic rings. The highest BCUT2D eigenvalue weighted by atomic mass is 15.0. The first kappa shape index (κ1) is 5.36. The van der Waals surface area contributed by atoms with Gasteiger partial charge in [0.25, 0.3) is 0 Å². The van der Waals surface area contributed by atoms with Gasteiger partial charge in [-0.05, 0) is 37.1 Å². The topological polar surface area (TPSA) is 12.0 Å². The van der Waals surface area contributed by atoms with Gasteiger partial charge in [-0.25, -0.2) is 0 Å². The molecule has 1 saturated heterocycles. The second kappa shape index (κ2) is 1.48. The van der Waals surface area contributed by atoms with Gasteiger partial charge in [0, 0.05) is 6.04 Å². The third-order valence-corrected chi connectivity index (χ3v) is 3.70. The standard InChI is InChI=1S/C9H13N/c1-5-6-2-7-4-10-9(5)8(7)3-6/h6-10H,1-4H2. The molecule has 1 aliphatic heterocycles. The summed E-state index contributed by atoms with van der Waals surface area (Å²) in [6, 6.07) is 0.726. The molecule has 1 N–H and O–H groups in total. The molecule has 10 heavy (non-hydrogen) atoms. The smallest absolute Gasteiger partial charge is 0.0311 e. The monoisotopic (exact) mass is 135 g/mol. The van der Waals surface area contributed by atoms with Crippen LogP contribution in [0.5, 0.6) is 0 Å². The highest BCUT2D eigenvalue weighted by Gasteiger charge is 2.51. The Kier molecular flexibility index (Phi) is 0.791. The lowest BCUT2D eigenvalue weighted by molar-refractivity contribution is 0.440. The zero-order chi connectivity index (χ0) is 6.72. The maximum atomic E-state index is 4.15. The Balaban J connectivity index is 2.08. The lowest BCUT2D eigenvalue weighted by Gasteiger charge is -2.18. The summed E-state index contributed by atoms with van der Waals surface area (Å²) in [4.78, 5) is 0. The summed E-state index contributed by atoms with van der Waals surface area (Å²) < 4.78 is 0. The molecular formula is C9H13N. The van der Waals surface area contributed by atoms with Crippen LogP contribution in [0.2, 0.25) is 0 Å². The van der Waals surface area contributed by atoms with E-state index >= 15 is 0 Å². The highest BCUT2D eigenvalue weighted by molar-refractivity contribution is 5.26. The maximum Gasteiger partial charge on any atom is 0.0311 e. The fraction of sp³-hybridized carbons (Fsp3) is 0.778. The molecule has 54 valence electrons. The van der Waals surface area contributed by atoms with Crippen LogP contribution in [0.15, 0.2) is 12.2 Å². The molecule has 0 aromatic carbocycles. The number of hydrogen-bond donors (Lipinski definition) is 1. The normalized spacial score (nSPS) is 56.6. The predicted octanol–water partition coefficient (Wildman–Crippen LogP) is 1.17. The number of fused-ring (bicyclic) bond motifs is 1. The average molecular weight is 135 g/mol. The van der Waals surface area contributed by atoms with Crippen LogP contribution in [0.4, 0.5) is 0 Å². The van der Waals surface area contributed by atoms with E-state index in [0.29, 0.717) is 0 Å². The van der Waals surface area contributed by atoms with Crippen molar-refractivity contribution in [2.75, 3.05) is 6.54 Å². The molecule has 2 saturated carbocycles. The molecule has 0 spiro atoms. The van der Waals surface area contributed by atoms with Gasteiger partial charge >= 0.3 is 0 Å². The van der Waals surface area contributed by atoms with Crippen molar-refractivity contribution in [3.05, 3.63) is 12.2 Å². The van der Waals surface area contributed by atoms with Gasteiger partial charge in [-0.15, -0.1) is 0 Å². The van der Waals surface area contributed by atoms with Crippen molar-refractivity contribution in [1.82, 2.24) is 5.32 Å². The Morgan fingerprint density at radius 2 is 2.30 bits per heavy atom. The fourth-order valence-corrected chi connectivity index (χ4v) is 3.19. The third kappa shape index (κ3) is 0.420. The van der Waals surface area contributed by atoms with E-state index in [1.165, 1.54) is 25.0 Å². The molecule has 4 atom stereocenters. The van der Waals surface area contributed by atoms with Crippen molar-refractivity contribution in [3.8, 4) is 0 Å². The minimum atomic E-state index is 0.726. The summed E-state index contributed by atoms with van der Waals surface area (Å²) in [5, 5.41) is 3.56. The molecule has 0 radical (unpaired) electrons. The number of rotatable bonds is 0. The van der Waals surface area contributed by atoms with E-state index in [1.54, 1.807) is 0 Å². The quantitative estimate of drug-likeness (QED) is 0.492. The molecule has 1 nitrogen and oxygen atoms in total. The zero-order valence-electron chi connectivity index (χ0n) is 6.14. The Labute approximate surface area is 61.5 Å². The minimum Gasteiger partial charge on any atom is -0.310 e. The number of nitrogens with one attached hydrogen (secondary N) is 1. The van der Waals surface area contributed by atoms with Crippen molar-refractivity contribution in [3.63, 3.8) is 0 Å². The number of hydrogen-bond acceptors (Lipinski definition) is 1. The largest absolute Gasteiger partial charge is 0.310 e. The van der Waals surface area contributed by atoms with Crippen LogP contribution in [-0.2, 0) is 0 Å². The van der Waals surface area contributed by atoms with Gasteiger partial charge in [0.1, 0.15) is 0 Å². The van der Waals surface area contributed by atoms with E-state index in [0.717, 1.165) is 23.8 Å². The summed E-state index contributed by atoms with van der Waals surface area (Å²) >= 11 is 0. The van der Waals surface area contributed by atoms with Crippen molar-refractivity contribution < 1.29 is 0 Å². The van der Waals surface area contributed by atoms with Gasteiger partial charge in [0.05, 0.1) is 0 Å². The lowest BCUT2D eigenvalue weighted by Crippen LogP contribution is -2.25. The molecule has 0 aromatic heterocycles. The minimum absolute atomic E-state index is 0.726. The van der Waals surface area contributed by atoms with E-state index in [2.05, 4.69) is 11.9 Å². The van der Waals surface area contributed by atoms with Gasteiger partial charge in [0.15, 0.2) is 0 Å². The van der Waals surface area contributed by atoms with Gasteiger partial charge in [0.2, 0.25) is 0 Å². The Bertz CT molecular complexity index is 195. The van der Waals surface area contributed by atoms with E-state index in [1.807, 2.05) is 0 Å². The first-order chi connectivity index (χ1) is 4.86. The van der Waals surface area contributed by atoms with Crippen molar-refractivity contribution in [1.29, 1.82) is 0 Å². The average Bonchev–Trinajstić information content (AvgIpc) is 2.43. The second-order valence-corrected chi connectivity index (χ2v) is 4.05. The molecule has 3 fully saturated rings. The van der Waals surface area contributed by atoms with Crippen LogP contribution in [0, 0.1) is 17.8 Å². The summed E-state index contributed by atoms with van der Waals surface area (Å²) in [5.74, 6) is 2.90. The van der Waals surface area contributed by atoms with E-state index in [-0.39, 0.29) is 0 Å². The molecule has 4 unspecified atom stereocenters. The third-order valence-electron chi connectivity index (χ3n) is 3.70. The predicted molar refractivity (Wildman–Crippen MR) is 40.6 cm³/mol. The van der Waals surface area contributed by atoms with Crippen LogP contribution in [0.1, 0.15) is 12.8 Å². The summed E-state index contributed by atoms with van der Waals surface area (Å²) in [6.45, 7) is 5.42. The van der Waals surface area contributed by atoms with Crippen LogP contribution in [-0.4, -0.2) is 12.6 Å². The Morgan fingerprint density at radius 3 is 3.00 bits per heavy atom. The molecular weight excluding hydrogens is 122 g/mol. The van der Waals surface area contributed by atoms with Crippen LogP contribution < -0.4 is 5.32 Å². The van der Waals surface area contributed by atoms with Gasteiger partial charge in [-0.2, -0.15) is 0 Å². The first-order valence-corrected chi connectivity index (χ1v) is 4.28. The Hall–Kier alpha value is -0.300. The molecule has 1 heteroatoms. The van der Waals surface area contributed by atoms with Crippen LogP contribution >= 0.6 is 0 Å². The molecule has 0 aromatic rings. The summed E-state index contributed by atoms with van der Waals surface area (Å²) in [5.41, 5.74) is 1.51.